The van der Waals surface area contributed by atoms with E-state index in [0.717, 1.165) is 37.1 Å². The standard InChI is InChI=1S/C27H39N3O2/c1-6-7-8-9-12-26(2,3)20-14-23(31)25-21-13-19(16-30-17-28-29-18-30)10-11-22(21)27(4,5)32-24(25)15-20/h10,14-15,17-18,21-22,31H,6-9,11-13,16H2,1-5H3/t21-,22-/m0/s1. The normalized spacial score (nSPS) is 22.0. The van der Waals surface area contributed by atoms with Gasteiger partial charge in [0.05, 0.1) is 0 Å². The van der Waals surface area contributed by atoms with Crippen molar-refractivity contribution >= 4 is 0 Å². The molecule has 2 aromatic rings. The van der Waals surface area contributed by atoms with Gasteiger partial charge in [-0.1, -0.05) is 58.1 Å². The smallest absolute Gasteiger partial charge is 0.127 e. The largest absolute Gasteiger partial charge is 0.508 e. The Morgan fingerprint density at radius 2 is 1.91 bits per heavy atom. The van der Waals surface area contributed by atoms with Crippen molar-refractivity contribution in [1.82, 2.24) is 14.8 Å². The van der Waals surface area contributed by atoms with Crippen molar-refractivity contribution in [3.8, 4) is 11.5 Å². The van der Waals surface area contributed by atoms with Gasteiger partial charge in [-0.3, -0.25) is 0 Å². The van der Waals surface area contributed by atoms with Crippen LogP contribution < -0.4 is 4.74 Å². The van der Waals surface area contributed by atoms with E-state index in [-0.39, 0.29) is 16.9 Å². The summed E-state index contributed by atoms with van der Waals surface area (Å²) in [6.07, 6.45) is 13.9. The van der Waals surface area contributed by atoms with E-state index in [1.54, 1.807) is 12.7 Å². The van der Waals surface area contributed by atoms with Crippen LogP contribution in [0.1, 0.15) is 96.6 Å². The molecular weight excluding hydrogens is 398 g/mol. The quantitative estimate of drug-likeness (QED) is 0.377. The van der Waals surface area contributed by atoms with Crippen LogP contribution in [-0.4, -0.2) is 25.5 Å². The summed E-state index contributed by atoms with van der Waals surface area (Å²) < 4.78 is 8.59. The summed E-state index contributed by atoms with van der Waals surface area (Å²) in [4.78, 5) is 0. The van der Waals surface area contributed by atoms with Gasteiger partial charge in [0, 0.05) is 23.9 Å². The molecule has 5 nitrogen and oxygen atoms in total. The fourth-order valence-electron chi connectivity index (χ4n) is 5.66. The molecule has 1 aliphatic carbocycles. The van der Waals surface area contributed by atoms with Crippen molar-refractivity contribution in [1.29, 1.82) is 0 Å². The molecule has 1 aromatic heterocycles. The Hall–Kier alpha value is -2.30. The lowest BCUT2D eigenvalue weighted by Gasteiger charge is -2.47. The molecule has 2 atom stereocenters. The van der Waals surface area contributed by atoms with Crippen LogP contribution in [0.15, 0.2) is 36.4 Å². The van der Waals surface area contributed by atoms with Gasteiger partial charge in [0.15, 0.2) is 0 Å². The lowest BCUT2D eigenvalue weighted by atomic mass is 9.66. The number of hydrogen-bond acceptors (Lipinski definition) is 4. The van der Waals surface area contributed by atoms with Gasteiger partial charge in [-0.2, -0.15) is 0 Å². The summed E-state index contributed by atoms with van der Waals surface area (Å²) >= 11 is 0. The van der Waals surface area contributed by atoms with Crippen LogP contribution in [-0.2, 0) is 12.0 Å². The van der Waals surface area contributed by atoms with Gasteiger partial charge in [0.2, 0.25) is 0 Å². The van der Waals surface area contributed by atoms with Gasteiger partial charge in [0.1, 0.15) is 29.8 Å². The Balaban J connectivity index is 1.62. The van der Waals surface area contributed by atoms with Crippen molar-refractivity contribution in [3.05, 3.63) is 47.6 Å². The monoisotopic (exact) mass is 437 g/mol. The summed E-state index contributed by atoms with van der Waals surface area (Å²) in [6, 6.07) is 4.22. The zero-order valence-electron chi connectivity index (χ0n) is 20.4. The number of nitrogens with zero attached hydrogens (tertiary/aromatic N) is 3. The summed E-state index contributed by atoms with van der Waals surface area (Å²) in [6.45, 7) is 12.0. The molecule has 0 bridgehead atoms. The van der Waals surface area contributed by atoms with Crippen LogP contribution in [0.3, 0.4) is 0 Å². The number of allylic oxidation sites excluding steroid dienone is 2. The molecule has 0 spiro atoms. The van der Waals surface area contributed by atoms with Crippen molar-refractivity contribution < 1.29 is 9.84 Å². The topological polar surface area (TPSA) is 60.2 Å². The maximum absolute atomic E-state index is 11.2. The molecular formula is C27H39N3O2. The number of hydrogen-bond donors (Lipinski definition) is 1. The van der Waals surface area contributed by atoms with E-state index in [0.29, 0.717) is 11.7 Å². The molecule has 0 unspecified atom stereocenters. The molecule has 0 fully saturated rings. The number of aromatic nitrogens is 3. The average molecular weight is 438 g/mol. The fraction of sp³-hybridized carbons (Fsp3) is 0.630. The van der Waals surface area contributed by atoms with Gasteiger partial charge >= 0.3 is 0 Å². The van der Waals surface area contributed by atoms with Gasteiger partial charge in [0.25, 0.3) is 0 Å². The molecule has 5 heteroatoms. The molecule has 174 valence electrons. The third-order valence-electron chi connectivity index (χ3n) is 7.67. The molecule has 1 aromatic carbocycles. The van der Waals surface area contributed by atoms with E-state index in [2.05, 4.69) is 57.0 Å². The van der Waals surface area contributed by atoms with Crippen LogP contribution in [0.25, 0.3) is 0 Å². The molecule has 1 N–H and O–H groups in total. The molecule has 0 saturated carbocycles. The maximum Gasteiger partial charge on any atom is 0.127 e. The lowest BCUT2D eigenvalue weighted by molar-refractivity contribution is 0.00707. The van der Waals surface area contributed by atoms with Gasteiger partial charge in [-0.05, 0) is 56.2 Å². The van der Waals surface area contributed by atoms with Crippen molar-refractivity contribution in [2.24, 2.45) is 5.92 Å². The minimum absolute atomic E-state index is 0.0106. The first-order valence-electron chi connectivity index (χ1n) is 12.3. The van der Waals surface area contributed by atoms with E-state index in [9.17, 15) is 5.11 Å². The minimum atomic E-state index is -0.271. The highest BCUT2D eigenvalue weighted by Gasteiger charge is 2.46. The number of fused-ring (bicyclic) bond motifs is 3. The summed E-state index contributed by atoms with van der Waals surface area (Å²) in [5, 5.41) is 19.1. The number of benzene rings is 1. The lowest BCUT2D eigenvalue weighted by Crippen LogP contribution is -2.45. The van der Waals surface area contributed by atoms with Crippen LogP contribution in [0, 0.1) is 5.92 Å². The highest BCUT2D eigenvalue weighted by molar-refractivity contribution is 5.54. The minimum Gasteiger partial charge on any atom is -0.508 e. The van der Waals surface area contributed by atoms with E-state index in [1.807, 2.05) is 10.6 Å². The van der Waals surface area contributed by atoms with Crippen LogP contribution in [0.5, 0.6) is 11.5 Å². The van der Waals surface area contributed by atoms with Crippen LogP contribution in [0.4, 0.5) is 0 Å². The first-order chi connectivity index (χ1) is 15.2. The Labute approximate surface area is 192 Å². The van der Waals surface area contributed by atoms with E-state index in [1.165, 1.54) is 36.8 Å². The van der Waals surface area contributed by atoms with Gasteiger partial charge < -0.3 is 14.4 Å². The van der Waals surface area contributed by atoms with Gasteiger partial charge in [-0.15, -0.1) is 10.2 Å². The Morgan fingerprint density at radius 3 is 2.62 bits per heavy atom. The SMILES string of the molecule is CCCCCCC(C)(C)c1cc(O)c2c(c1)OC(C)(C)[C@H]1CC=C(Cn3cnnc3)C[C@H]21. The average Bonchev–Trinajstić information content (AvgIpc) is 3.23. The summed E-state index contributed by atoms with van der Waals surface area (Å²) in [5.41, 5.74) is 3.28. The van der Waals surface area contributed by atoms with Crippen molar-refractivity contribution in [3.63, 3.8) is 0 Å². The third kappa shape index (κ3) is 4.57. The molecule has 0 amide bonds. The fourth-order valence-corrected chi connectivity index (χ4v) is 5.66. The summed E-state index contributed by atoms with van der Waals surface area (Å²) in [5.74, 6) is 1.87. The predicted octanol–water partition coefficient (Wildman–Crippen LogP) is 6.52. The summed E-state index contributed by atoms with van der Waals surface area (Å²) in [7, 11) is 0. The Bertz CT molecular complexity index is 960. The van der Waals surface area contributed by atoms with Crippen molar-refractivity contribution in [2.45, 2.75) is 103 Å². The second-order valence-corrected chi connectivity index (χ2v) is 11.0. The van der Waals surface area contributed by atoms with E-state index < -0.39 is 0 Å². The number of phenols is 1. The zero-order chi connectivity index (χ0) is 22.9. The molecule has 1 aliphatic heterocycles. The molecule has 32 heavy (non-hydrogen) atoms. The Morgan fingerprint density at radius 1 is 1.16 bits per heavy atom. The molecule has 2 heterocycles. The molecule has 0 saturated heterocycles. The number of aromatic hydroxyl groups is 1. The van der Waals surface area contributed by atoms with Crippen molar-refractivity contribution in [2.75, 3.05) is 0 Å². The highest BCUT2D eigenvalue weighted by Crippen LogP contribution is 2.55. The number of ether oxygens (including phenoxy) is 1. The zero-order valence-corrected chi connectivity index (χ0v) is 20.4. The molecule has 2 aliphatic rings. The van der Waals surface area contributed by atoms with Crippen LogP contribution >= 0.6 is 0 Å². The third-order valence-corrected chi connectivity index (χ3v) is 7.67. The first-order valence-corrected chi connectivity index (χ1v) is 12.3. The number of unbranched alkanes of at least 4 members (excludes halogenated alkanes) is 3. The predicted molar refractivity (Wildman–Crippen MR) is 128 cm³/mol. The highest BCUT2D eigenvalue weighted by atomic mass is 16.5. The van der Waals surface area contributed by atoms with Crippen LogP contribution in [0.2, 0.25) is 0 Å². The maximum atomic E-state index is 11.2. The molecule has 0 radical (unpaired) electrons. The second kappa shape index (κ2) is 8.92. The number of rotatable bonds is 8. The molecule has 4 rings (SSSR count). The first kappa shape index (κ1) is 22.9. The second-order valence-electron chi connectivity index (χ2n) is 11.0. The van der Waals surface area contributed by atoms with Gasteiger partial charge in [-0.25, -0.2) is 0 Å². The van der Waals surface area contributed by atoms with E-state index >= 15 is 0 Å². The number of phenolic OH excluding ortho intramolecular Hbond substituents is 1. The Kier molecular flexibility index (Phi) is 6.37. The van der Waals surface area contributed by atoms with E-state index in [4.69, 9.17) is 4.74 Å².